The number of nitrogens with zero attached hydrogens (tertiary/aromatic N) is 4. The fourth-order valence-corrected chi connectivity index (χ4v) is 3.62. The topological polar surface area (TPSA) is 95.5 Å². The van der Waals surface area contributed by atoms with Crippen LogP contribution in [0.2, 0.25) is 0 Å². The molecule has 8 nitrogen and oxygen atoms in total. The van der Waals surface area contributed by atoms with Gasteiger partial charge in [0.2, 0.25) is 17.8 Å². The van der Waals surface area contributed by atoms with E-state index < -0.39 is 0 Å². The fourth-order valence-electron chi connectivity index (χ4n) is 3.62. The number of nitrogens with one attached hydrogen (secondary N) is 1. The van der Waals surface area contributed by atoms with E-state index in [9.17, 15) is 14.4 Å². The van der Waals surface area contributed by atoms with Crippen LogP contribution in [0.5, 0.6) is 0 Å². The van der Waals surface area contributed by atoms with Crippen molar-refractivity contribution in [2.24, 2.45) is 11.8 Å². The van der Waals surface area contributed by atoms with Crippen LogP contribution < -0.4 is 10.2 Å². The van der Waals surface area contributed by atoms with Crippen LogP contribution in [0.25, 0.3) is 0 Å². The molecule has 1 saturated heterocycles. The van der Waals surface area contributed by atoms with E-state index in [2.05, 4.69) is 20.2 Å². The van der Waals surface area contributed by atoms with E-state index >= 15 is 0 Å². The number of hydrogen-bond acceptors (Lipinski definition) is 6. The summed E-state index contributed by atoms with van der Waals surface area (Å²) in [6.07, 6.45) is 3.98. The summed E-state index contributed by atoms with van der Waals surface area (Å²) < 4.78 is 0. The zero-order valence-electron chi connectivity index (χ0n) is 16.2. The molecule has 2 heterocycles. The third-order valence-corrected chi connectivity index (χ3v) is 5.41. The number of ketones is 1. The SMILES string of the molecule is CC(=O)c1cccc(NC(=O)C2CC2C(=O)N2CCN(c3ncccn3)CC2)c1. The average molecular weight is 393 g/mol. The van der Waals surface area contributed by atoms with Crippen molar-refractivity contribution in [3.05, 3.63) is 48.3 Å². The van der Waals surface area contributed by atoms with Crippen molar-refractivity contribution >= 4 is 29.2 Å². The lowest BCUT2D eigenvalue weighted by molar-refractivity contribution is -0.134. The third-order valence-electron chi connectivity index (χ3n) is 5.41. The van der Waals surface area contributed by atoms with E-state index in [-0.39, 0.29) is 29.4 Å². The Morgan fingerprint density at radius 2 is 1.72 bits per heavy atom. The first-order chi connectivity index (χ1) is 14.0. The Kier molecular flexibility index (Phi) is 5.24. The Morgan fingerprint density at radius 1 is 1.00 bits per heavy atom. The van der Waals surface area contributed by atoms with Crippen LogP contribution in [-0.2, 0) is 9.59 Å². The van der Waals surface area contributed by atoms with Gasteiger partial charge in [0.05, 0.1) is 11.8 Å². The van der Waals surface area contributed by atoms with Crippen molar-refractivity contribution in [2.75, 3.05) is 36.4 Å². The minimum absolute atomic E-state index is 0.0382. The summed E-state index contributed by atoms with van der Waals surface area (Å²) in [7, 11) is 0. The molecule has 0 bridgehead atoms. The lowest BCUT2D eigenvalue weighted by Gasteiger charge is -2.34. The Morgan fingerprint density at radius 3 is 2.41 bits per heavy atom. The van der Waals surface area contributed by atoms with E-state index in [0.717, 1.165) is 0 Å². The van der Waals surface area contributed by atoms with E-state index in [0.29, 0.717) is 49.8 Å². The number of piperazine rings is 1. The summed E-state index contributed by atoms with van der Waals surface area (Å²) in [5, 5.41) is 2.83. The normalized spacial score (nSPS) is 20.9. The molecule has 2 aromatic rings. The summed E-state index contributed by atoms with van der Waals surface area (Å²) in [4.78, 5) is 49.1. The third kappa shape index (κ3) is 4.26. The number of anilines is 2. The second kappa shape index (κ2) is 7.98. The maximum atomic E-state index is 12.8. The van der Waals surface area contributed by atoms with Crippen LogP contribution in [0.15, 0.2) is 42.7 Å². The quantitative estimate of drug-likeness (QED) is 0.776. The van der Waals surface area contributed by atoms with Gasteiger partial charge in [0.1, 0.15) is 0 Å². The highest BCUT2D eigenvalue weighted by Gasteiger charge is 2.49. The van der Waals surface area contributed by atoms with Crippen LogP contribution in [0.3, 0.4) is 0 Å². The number of aromatic nitrogens is 2. The largest absolute Gasteiger partial charge is 0.339 e. The van der Waals surface area contributed by atoms with Gasteiger partial charge in [-0.15, -0.1) is 0 Å². The Hall–Kier alpha value is -3.29. The highest BCUT2D eigenvalue weighted by Crippen LogP contribution is 2.41. The van der Waals surface area contributed by atoms with Gasteiger partial charge in [-0.3, -0.25) is 14.4 Å². The molecule has 2 atom stereocenters. The van der Waals surface area contributed by atoms with Crippen LogP contribution in [0.4, 0.5) is 11.6 Å². The van der Waals surface area contributed by atoms with Crippen LogP contribution >= 0.6 is 0 Å². The molecule has 2 aliphatic rings. The van der Waals surface area contributed by atoms with Crippen molar-refractivity contribution in [3.8, 4) is 0 Å². The van der Waals surface area contributed by atoms with Gasteiger partial charge in [-0.2, -0.15) is 0 Å². The second-order valence-electron chi connectivity index (χ2n) is 7.44. The number of benzene rings is 1. The first-order valence-corrected chi connectivity index (χ1v) is 9.75. The number of rotatable bonds is 5. The number of carbonyl (C=O) groups excluding carboxylic acids is 3. The molecule has 4 rings (SSSR count). The molecule has 1 aliphatic heterocycles. The smallest absolute Gasteiger partial charge is 0.228 e. The summed E-state index contributed by atoms with van der Waals surface area (Å²) in [6.45, 7) is 4.04. The first-order valence-electron chi connectivity index (χ1n) is 9.75. The summed E-state index contributed by atoms with van der Waals surface area (Å²) in [6, 6.07) is 8.62. The van der Waals surface area contributed by atoms with Crippen molar-refractivity contribution in [1.82, 2.24) is 14.9 Å². The Bertz CT molecular complexity index is 925. The summed E-state index contributed by atoms with van der Waals surface area (Å²) in [5.41, 5.74) is 1.13. The minimum Gasteiger partial charge on any atom is -0.339 e. The number of Topliss-reactive ketones (excluding diaryl/α,β-unsaturated/α-hetero) is 1. The molecule has 8 heteroatoms. The lowest BCUT2D eigenvalue weighted by Crippen LogP contribution is -2.50. The van der Waals surface area contributed by atoms with Gasteiger partial charge in [-0.1, -0.05) is 12.1 Å². The molecular weight excluding hydrogens is 370 g/mol. The van der Waals surface area contributed by atoms with Gasteiger partial charge in [-0.25, -0.2) is 9.97 Å². The van der Waals surface area contributed by atoms with Gasteiger partial charge in [0.25, 0.3) is 0 Å². The molecule has 1 aromatic carbocycles. The zero-order valence-corrected chi connectivity index (χ0v) is 16.2. The molecule has 29 heavy (non-hydrogen) atoms. The van der Waals surface area contributed by atoms with Gasteiger partial charge in [-0.05, 0) is 31.5 Å². The van der Waals surface area contributed by atoms with E-state index in [1.807, 2.05) is 4.90 Å². The molecular formula is C21H23N5O3. The molecule has 150 valence electrons. The molecule has 2 unspecified atom stereocenters. The standard InChI is InChI=1S/C21H23N5O3/c1-14(27)15-4-2-5-16(12-15)24-19(28)17-13-18(17)20(29)25-8-10-26(11-9-25)21-22-6-3-7-23-21/h2-7,12,17-18H,8-11,13H2,1H3,(H,24,28). The van der Waals surface area contributed by atoms with Crippen molar-refractivity contribution in [3.63, 3.8) is 0 Å². The second-order valence-corrected chi connectivity index (χ2v) is 7.44. The maximum absolute atomic E-state index is 12.8. The maximum Gasteiger partial charge on any atom is 0.228 e. The van der Waals surface area contributed by atoms with Gasteiger partial charge in [0, 0.05) is 49.8 Å². The van der Waals surface area contributed by atoms with Crippen molar-refractivity contribution < 1.29 is 14.4 Å². The Balaban J connectivity index is 1.29. The molecule has 1 saturated carbocycles. The highest BCUT2D eigenvalue weighted by atomic mass is 16.2. The van der Waals surface area contributed by atoms with Gasteiger partial charge >= 0.3 is 0 Å². The van der Waals surface area contributed by atoms with Crippen LogP contribution in [0.1, 0.15) is 23.7 Å². The molecule has 0 radical (unpaired) electrons. The average Bonchev–Trinajstić information content (AvgIpc) is 3.55. The van der Waals surface area contributed by atoms with E-state index in [1.54, 1.807) is 42.7 Å². The number of carbonyl (C=O) groups is 3. The highest BCUT2D eigenvalue weighted by molar-refractivity contribution is 6.01. The van der Waals surface area contributed by atoms with Gasteiger partial charge < -0.3 is 15.1 Å². The first kappa shape index (κ1) is 19.0. The van der Waals surface area contributed by atoms with E-state index in [4.69, 9.17) is 0 Å². The zero-order chi connectivity index (χ0) is 20.4. The summed E-state index contributed by atoms with van der Waals surface area (Å²) >= 11 is 0. The Labute approximate surface area is 168 Å². The molecule has 1 aliphatic carbocycles. The molecule has 1 N–H and O–H groups in total. The minimum atomic E-state index is -0.307. The predicted molar refractivity (Wildman–Crippen MR) is 107 cm³/mol. The molecule has 0 spiro atoms. The van der Waals surface area contributed by atoms with Crippen molar-refractivity contribution in [2.45, 2.75) is 13.3 Å². The lowest BCUT2D eigenvalue weighted by atomic mass is 10.1. The predicted octanol–water partition coefficient (Wildman–Crippen LogP) is 1.60. The van der Waals surface area contributed by atoms with Crippen LogP contribution in [0, 0.1) is 11.8 Å². The van der Waals surface area contributed by atoms with E-state index in [1.165, 1.54) is 6.92 Å². The van der Waals surface area contributed by atoms with Crippen LogP contribution in [-0.4, -0.2) is 58.6 Å². The number of hydrogen-bond donors (Lipinski definition) is 1. The monoisotopic (exact) mass is 393 g/mol. The van der Waals surface area contributed by atoms with Gasteiger partial charge in [0.15, 0.2) is 5.78 Å². The fraction of sp³-hybridized carbons (Fsp3) is 0.381. The molecule has 2 amide bonds. The number of amides is 2. The molecule has 1 aromatic heterocycles. The molecule has 2 fully saturated rings. The summed E-state index contributed by atoms with van der Waals surface area (Å²) in [5.74, 6) is -0.0715. The van der Waals surface area contributed by atoms with Crippen molar-refractivity contribution in [1.29, 1.82) is 0 Å².